The molecule has 1 amide bonds. The molecule has 1 aromatic carbocycles. The molecule has 1 heterocycles. The highest BCUT2D eigenvalue weighted by Gasteiger charge is 2.27. The maximum absolute atomic E-state index is 12.5. The average Bonchev–Trinajstić information content (AvgIpc) is 2.61. The van der Waals surface area contributed by atoms with Crippen molar-refractivity contribution in [2.45, 2.75) is 50.3 Å². The fourth-order valence-corrected chi connectivity index (χ4v) is 5.13. The Hall–Kier alpha value is -1.82. The first-order chi connectivity index (χ1) is 11.5. The van der Waals surface area contributed by atoms with E-state index in [1.807, 2.05) is 12.1 Å². The third kappa shape index (κ3) is 3.64. The lowest BCUT2D eigenvalue weighted by molar-refractivity contribution is -0.126. The summed E-state index contributed by atoms with van der Waals surface area (Å²) in [5.74, 6) is -0.0669. The Bertz CT molecular complexity index is 737. The van der Waals surface area contributed by atoms with E-state index in [4.69, 9.17) is 0 Å². The van der Waals surface area contributed by atoms with E-state index in [2.05, 4.69) is 11.3 Å². The van der Waals surface area contributed by atoms with Crippen molar-refractivity contribution in [1.82, 2.24) is 4.90 Å². The van der Waals surface area contributed by atoms with E-state index in [-0.39, 0.29) is 11.2 Å². The van der Waals surface area contributed by atoms with Gasteiger partial charge in [-0.25, -0.2) is 8.42 Å². The van der Waals surface area contributed by atoms with Crippen molar-refractivity contribution >= 4 is 21.6 Å². The van der Waals surface area contributed by atoms with Gasteiger partial charge in [-0.1, -0.05) is 31.9 Å². The maximum Gasteiger partial charge on any atom is 0.246 e. The van der Waals surface area contributed by atoms with Gasteiger partial charge in [-0.05, 0) is 48.6 Å². The zero-order valence-corrected chi connectivity index (χ0v) is 14.6. The predicted molar refractivity (Wildman–Crippen MR) is 95.2 cm³/mol. The van der Waals surface area contributed by atoms with E-state index in [0.29, 0.717) is 18.8 Å². The minimum atomic E-state index is -3.32. The molecule has 1 saturated carbocycles. The van der Waals surface area contributed by atoms with Gasteiger partial charge in [-0.2, -0.15) is 0 Å². The zero-order chi connectivity index (χ0) is 17.2. The second-order valence-electron chi connectivity index (χ2n) is 6.60. The van der Waals surface area contributed by atoms with Crippen LogP contribution in [0.3, 0.4) is 0 Å². The van der Waals surface area contributed by atoms with Crippen molar-refractivity contribution in [1.29, 1.82) is 0 Å². The van der Waals surface area contributed by atoms with Crippen LogP contribution in [0.2, 0.25) is 0 Å². The highest BCUT2D eigenvalue weighted by atomic mass is 32.2. The van der Waals surface area contributed by atoms with Gasteiger partial charge in [0.25, 0.3) is 0 Å². The van der Waals surface area contributed by atoms with Gasteiger partial charge in [0.15, 0.2) is 0 Å². The molecule has 0 aromatic heterocycles. The molecule has 130 valence electrons. The molecule has 0 saturated heterocycles. The number of rotatable bonds is 4. The lowest BCUT2D eigenvalue weighted by Gasteiger charge is -2.28. The van der Waals surface area contributed by atoms with Crippen LogP contribution in [0.15, 0.2) is 30.9 Å². The van der Waals surface area contributed by atoms with E-state index in [1.54, 1.807) is 11.0 Å². The first kappa shape index (κ1) is 17.0. The Morgan fingerprint density at radius 2 is 1.96 bits per heavy atom. The maximum atomic E-state index is 12.5. The highest BCUT2D eigenvalue weighted by molar-refractivity contribution is 7.93. The van der Waals surface area contributed by atoms with E-state index < -0.39 is 10.0 Å². The summed E-state index contributed by atoms with van der Waals surface area (Å²) >= 11 is 0. The summed E-state index contributed by atoms with van der Waals surface area (Å²) in [5.41, 5.74) is 2.80. The third-order valence-corrected chi connectivity index (χ3v) is 6.83. The summed E-state index contributed by atoms with van der Waals surface area (Å²) in [4.78, 5) is 13.5. The summed E-state index contributed by atoms with van der Waals surface area (Å²) in [6, 6.07) is 5.61. The molecule has 0 unspecified atom stereocenters. The summed E-state index contributed by atoms with van der Waals surface area (Å²) in [5, 5.41) is -0.275. The van der Waals surface area contributed by atoms with Crippen LogP contribution in [0.4, 0.5) is 5.69 Å². The van der Waals surface area contributed by atoms with Gasteiger partial charge < -0.3 is 4.90 Å². The molecule has 1 N–H and O–H groups in total. The molecule has 1 aliphatic carbocycles. The highest BCUT2D eigenvalue weighted by Crippen LogP contribution is 2.27. The lowest BCUT2D eigenvalue weighted by Crippen LogP contribution is -2.34. The molecular weight excluding hydrogens is 324 g/mol. The molecule has 0 bridgehead atoms. The van der Waals surface area contributed by atoms with Gasteiger partial charge in [-0.15, -0.1) is 0 Å². The van der Waals surface area contributed by atoms with E-state index in [0.717, 1.165) is 49.7 Å². The predicted octanol–water partition coefficient (Wildman–Crippen LogP) is 2.83. The van der Waals surface area contributed by atoms with Crippen molar-refractivity contribution in [2.24, 2.45) is 0 Å². The van der Waals surface area contributed by atoms with Crippen LogP contribution in [0, 0.1) is 0 Å². The smallest absolute Gasteiger partial charge is 0.246 e. The molecule has 6 heteroatoms. The van der Waals surface area contributed by atoms with Crippen molar-refractivity contribution in [2.75, 3.05) is 11.3 Å². The number of nitrogens with one attached hydrogen (secondary N) is 1. The summed E-state index contributed by atoms with van der Waals surface area (Å²) in [7, 11) is -3.32. The van der Waals surface area contributed by atoms with Gasteiger partial charge in [-0.3, -0.25) is 9.52 Å². The molecule has 1 fully saturated rings. The number of anilines is 1. The molecular formula is C18H24N2O3S. The van der Waals surface area contributed by atoms with Crippen LogP contribution in [0.5, 0.6) is 0 Å². The van der Waals surface area contributed by atoms with Crippen LogP contribution >= 0.6 is 0 Å². The van der Waals surface area contributed by atoms with Crippen molar-refractivity contribution in [3.8, 4) is 0 Å². The Labute approximate surface area is 143 Å². The normalized spacial score (nSPS) is 18.8. The Balaban J connectivity index is 1.73. The minimum Gasteiger partial charge on any atom is -0.335 e. The van der Waals surface area contributed by atoms with E-state index >= 15 is 0 Å². The monoisotopic (exact) mass is 348 g/mol. The SMILES string of the molecule is C=CC(=O)N1CCc2cc(NS(=O)(=O)C3CCCCC3)ccc2C1. The number of carbonyl (C=O) groups excluding carboxylic acids is 1. The zero-order valence-electron chi connectivity index (χ0n) is 13.8. The number of nitrogens with zero attached hydrogens (tertiary/aromatic N) is 1. The molecule has 2 aliphatic rings. The standard InChI is InChI=1S/C18H24N2O3S/c1-2-18(21)20-11-10-14-12-16(9-8-15(14)13-20)19-24(22,23)17-6-4-3-5-7-17/h2,8-9,12,17,19H,1,3-7,10-11,13H2. The van der Waals surface area contributed by atoms with E-state index in [9.17, 15) is 13.2 Å². The topological polar surface area (TPSA) is 66.5 Å². The number of carbonyl (C=O) groups is 1. The second kappa shape index (κ2) is 6.97. The molecule has 1 aromatic rings. The van der Waals surface area contributed by atoms with Gasteiger partial charge in [0, 0.05) is 18.8 Å². The number of sulfonamides is 1. The lowest BCUT2D eigenvalue weighted by atomic mass is 9.99. The van der Waals surface area contributed by atoms with Crippen LogP contribution in [0.25, 0.3) is 0 Å². The van der Waals surface area contributed by atoms with E-state index in [1.165, 1.54) is 6.08 Å². The third-order valence-electron chi connectivity index (χ3n) is 4.96. The quantitative estimate of drug-likeness (QED) is 0.851. The Morgan fingerprint density at radius 1 is 1.21 bits per heavy atom. The molecule has 1 aliphatic heterocycles. The molecule has 0 spiro atoms. The number of amides is 1. The number of hydrogen-bond donors (Lipinski definition) is 1. The first-order valence-electron chi connectivity index (χ1n) is 8.54. The summed E-state index contributed by atoms with van der Waals surface area (Å²) in [6.07, 6.45) is 6.67. The van der Waals surface area contributed by atoms with Crippen LogP contribution in [-0.4, -0.2) is 31.0 Å². The van der Waals surface area contributed by atoms with Crippen LogP contribution in [-0.2, 0) is 27.8 Å². The van der Waals surface area contributed by atoms with Gasteiger partial charge in [0.05, 0.1) is 5.25 Å². The first-order valence-corrected chi connectivity index (χ1v) is 10.1. The molecule has 0 radical (unpaired) electrons. The molecule has 0 atom stereocenters. The number of benzene rings is 1. The Morgan fingerprint density at radius 3 is 2.67 bits per heavy atom. The Kier molecular flexibility index (Phi) is 4.94. The number of hydrogen-bond acceptors (Lipinski definition) is 3. The summed E-state index contributed by atoms with van der Waals surface area (Å²) < 4.78 is 27.8. The van der Waals surface area contributed by atoms with Gasteiger partial charge in [0.1, 0.15) is 0 Å². The second-order valence-corrected chi connectivity index (χ2v) is 8.57. The summed E-state index contributed by atoms with van der Waals surface area (Å²) in [6.45, 7) is 4.71. The van der Waals surface area contributed by atoms with Crippen LogP contribution < -0.4 is 4.72 Å². The van der Waals surface area contributed by atoms with Gasteiger partial charge >= 0.3 is 0 Å². The van der Waals surface area contributed by atoms with Crippen molar-refractivity contribution < 1.29 is 13.2 Å². The minimum absolute atomic E-state index is 0.0669. The van der Waals surface area contributed by atoms with Crippen LogP contribution in [0.1, 0.15) is 43.2 Å². The molecule has 5 nitrogen and oxygen atoms in total. The average molecular weight is 348 g/mol. The van der Waals surface area contributed by atoms with Crippen molar-refractivity contribution in [3.05, 3.63) is 42.0 Å². The fraction of sp³-hybridized carbons (Fsp3) is 0.500. The van der Waals surface area contributed by atoms with Gasteiger partial charge in [0.2, 0.25) is 15.9 Å². The molecule has 24 heavy (non-hydrogen) atoms. The fourth-order valence-electron chi connectivity index (χ4n) is 3.56. The largest absolute Gasteiger partial charge is 0.335 e. The number of fused-ring (bicyclic) bond motifs is 1. The molecule has 3 rings (SSSR count). The van der Waals surface area contributed by atoms with Crippen molar-refractivity contribution in [3.63, 3.8) is 0 Å².